The summed E-state index contributed by atoms with van der Waals surface area (Å²) in [5, 5.41) is 18.1. The van der Waals surface area contributed by atoms with E-state index in [9.17, 15) is 5.11 Å². The van der Waals surface area contributed by atoms with Gasteiger partial charge in [0.05, 0.1) is 16.5 Å². The number of phenols is 1. The predicted octanol–water partition coefficient (Wildman–Crippen LogP) is 2.78. The molecular formula is C9H8BrNO. The lowest BCUT2D eigenvalue weighted by Crippen LogP contribution is -1.89. The molecule has 0 bridgehead atoms. The van der Waals surface area contributed by atoms with Gasteiger partial charge in [0, 0.05) is 5.56 Å². The molecule has 1 aromatic rings. The molecule has 1 N–H and O–H groups in total. The lowest BCUT2D eigenvalue weighted by molar-refractivity contribution is 0.463. The molecule has 1 unspecified atom stereocenters. The maximum Gasteiger partial charge on any atom is 0.134 e. The third-order valence-corrected chi connectivity index (χ3v) is 2.32. The highest BCUT2D eigenvalue weighted by atomic mass is 79.9. The van der Waals surface area contributed by atoms with Crippen molar-refractivity contribution in [2.45, 2.75) is 12.8 Å². The summed E-state index contributed by atoms with van der Waals surface area (Å²) in [5.41, 5.74) is 0.659. The second-order valence-corrected chi connectivity index (χ2v) is 3.38. The van der Waals surface area contributed by atoms with E-state index in [1.54, 1.807) is 25.1 Å². The number of para-hydroxylation sites is 1. The van der Waals surface area contributed by atoms with Gasteiger partial charge in [-0.2, -0.15) is 5.26 Å². The molecular weight excluding hydrogens is 218 g/mol. The first kappa shape index (κ1) is 9.08. The van der Waals surface area contributed by atoms with E-state index in [-0.39, 0.29) is 11.7 Å². The summed E-state index contributed by atoms with van der Waals surface area (Å²) in [6, 6.07) is 7.35. The molecule has 0 aromatic heterocycles. The zero-order chi connectivity index (χ0) is 9.14. The van der Waals surface area contributed by atoms with E-state index in [0.29, 0.717) is 10.0 Å². The largest absolute Gasteiger partial charge is 0.506 e. The molecule has 0 aliphatic carbocycles. The molecule has 1 aromatic carbocycles. The number of aromatic hydroxyl groups is 1. The molecule has 1 atom stereocenters. The lowest BCUT2D eigenvalue weighted by atomic mass is 10.0. The van der Waals surface area contributed by atoms with Gasteiger partial charge in [0.2, 0.25) is 0 Å². The first-order chi connectivity index (χ1) is 5.66. The Morgan fingerprint density at radius 1 is 1.58 bits per heavy atom. The van der Waals surface area contributed by atoms with Crippen molar-refractivity contribution in [2.75, 3.05) is 0 Å². The van der Waals surface area contributed by atoms with Crippen LogP contribution in [0.5, 0.6) is 5.75 Å². The minimum Gasteiger partial charge on any atom is -0.506 e. The number of hydrogen-bond donors (Lipinski definition) is 1. The Balaban J connectivity index is 3.18. The van der Waals surface area contributed by atoms with Crippen molar-refractivity contribution >= 4 is 15.9 Å². The van der Waals surface area contributed by atoms with Crippen LogP contribution in [-0.2, 0) is 0 Å². The molecule has 1 rings (SSSR count). The van der Waals surface area contributed by atoms with E-state index in [4.69, 9.17) is 5.26 Å². The van der Waals surface area contributed by atoms with Crippen LogP contribution in [0, 0.1) is 11.3 Å². The SMILES string of the molecule is CC(C#N)c1cccc(Br)c1O. The van der Waals surface area contributed by atoms with Gasteiger partial charge in [-0.05, 0) is 28.9 Å². The van der Waals surface area contributed by atoms with Crippen LogP contribution in [0.1, 0.15) is 18.4 Å². The van der Waals surface area contributed by atoms with E-state index < -0.39 is 0 Å². The zero-order valence-corrected chi connectivity index (χ0v) is 8.17. The van der Waals surface area contributed by atoms with E-state index in [0.717, 1.165) is 0 Å². The Kier molecular flexibility index (Phi) is 2.72. The molecule has 0 spiro atoms. The summed E-state index contributed by atoms with van der Waals surface area (Å²) >= 11 is 3.18. The normalized spacial score (nSPS) is 12.1. The topological polar surface area (TPSA) is 44.0 Å². The highest BCUT2D eigenvalue weighted by molar-refractivity contribution is 9.10. The first-order valence-corrected chi connectivity index (χ1v) is 4.33. The molecule has 0 fully saturated rings. The van der Waals surface area contributed by atoms with Crippen molar-refractivity contribution in [3.63, 3.8) is 0 Å². The van der Waals surface area contributed by atoms with Gasteiger partial charge in [0.25, 0.3) is 0 Å². The fourth-order valence-electron chi connectivity index (χ4n) is 0.951. The van der Waals surface area contributed by atoms with Gasteiger partial charge in [0.15, 0.2) is 0 Å². The number of phenolic OH excluding ortho intramolecular Hbond substituents is 1. The molecule has 12 heavy (non-hydrogen) atoms. The zero-order valence-electron chi connectivity index (χ0n) is 6.58. The molecule has 0 radical (unpaired) electrons. The molecule has 0 saturated carbocycles. The number of nitrogens with zero attached hydrogens (tertiary/aromatic N) is 1. The van der Waals surface area contributed by atoms with E-state index in [2.05, 4.69) is 22.0 Å². The van der Waals surface area contributed by atoms with Gasteiger partial charge in [-0.15, -0.1) is 0 Å². The van der Waals surface area contributed by atoms with Crippen molar-refractivity contribution in [2.24, 2.45) is 0 Å². The maximum atomic E-state index is 9.50. The van der Waals surface area contributed by atoms with Gasteiger partial charge >= 0.3 is 0 Å². The molecule has 0 heterocycles. The minimum atomic E-state index is -0.275. The number of benzene rings is 1. The van der Waals surface area contributed by atoms with Gasteiger partial charge in [-0.25, -0.2) is 0 Å². The highest BCUT2D eigenvalue weighted by Gasteiger charge is 2.10. The molecule has 2 nitrogen and oxygen atoms in total. The Hall–Kier alpha value is -1.01. The second-order valence-electron chi connectivity index (χ2n) is 2.53. The molecule has 62 valence electrons. The van der Waals surface area contributed by atoms with Crippen LogP contribution < -0.4 is 0 Å². The first-order valence-electron chi connectivity index (χ1n) is 3.53. The highest BCUT2D eigenvalue weighted by Crippen LogP contribution is 2.31. The summed E-state index contributed by atoms with van der Waals surface area (Å²) in [5.74, 6) is -0.117. The number of nitriles is 1. The van der Waals surface area contributed by atoms with Crippen LogP contribution in [0.4, 0.5) is 0 Å². The van der Waals surface area contributed by atoms with Gasteiger partial charge in [0.1, 0.15) is 5.75 Å². The van der Waals surface area contributed by atoms with Crippen molar-refractivity contribution < 1.29 is 5.11 Å². The fraction of sp³-hybridized carbons (Fsp3) is 0.222. The van der Waals surface area contributed by atoms with Crippen LogP contribution in [0.25, 0.3) is 0 Å². The average Bonchev–Trinajstić information content (AvgIpc) is 2.08. The second kappa shape index (κ2) is 3.59. The summed E-state index contributed by atoms with van der Waals surface area (Å²) < 4.78 is 0.627. The average molecular weight is 226 g/mol. The Labute approximate surface area is 79.6 Å². The third kappa shape index (κ3) is 1.59. The van der Waals surface area contributed by atoms with Crippen molar-refractivity contribution in [1.29, 1.82) is 5.26 Å². The van der Waals surface area contributed by atoms with E-state index in [1.807, 2.05) is 0 Å². The van der Waals surface area contributed by atoms with Crippen molar-refractivity contribution in [3.05, 3.63) is 28.2 Å². The van der Waals surface area contributed by atoms with Crippen LogP contribution in [0.2, 0.25) is 0 Å². The summed E-state index contributed by atoms with van der Waals surface area (Å²) in [4.78, 5) is 0. The number of rotatable bonds is 1. The maximum absolute atomic E-state index is 9.50. The summed E-state index contributed by atoms with van der Waals surface area (Å²) in [6.07, 6.45) is 0. The Morgan fingerprint density at radius 3 is 2.83 bits per heavy atom. The molecule has 0 amide bonds. The van der Waals surface area contributed by atoms with Gasteiger partial charge in [-0.3, -0.25) is 0 Å². The van der Waals surface area contributed by atoms with Crippen molar-refractivity contribution in [1.82, 2.24) is 0 Å². The van der Waals surface area contributed by atoms with Crippen molar-refractivity contribution in [3.8, 4) is 11.8 Å². The Morgan fingerprint density at radius 2 is 2.25 bits per heavy atom. The lowest BCUT2D eigenvalue weighted by Gasteiger charge is -2.06. The fourth-order valence-corrected chi connectivity index (χ4v) is 1.33. The smallest absolute Gasteiger partial charge is 0.134 e. The van der Waals surface area contributed by atoms with Crippen LogP contribution in [0.3, 0.4) is 0 Å². The molecule has 0 aliphatic heterocycles. The van der Waals surface area contributed by atoms with Crippen LogP contribution >= 0.6 is 15.9 Å². The molecule has 0 aliphatic rings. The minimum absolute atomic E-state index is 0.159. The van der Waals surface area contributed by atoms with Crippen LogP contribution in [-0.4, -0.2) is 5.11 Å². The molecule has 0 saturated heterocycles. The van der Waals surface area contributed by atoms with E-state index in [1.165, 1.54) is 0 Å². The Bertz CT molecular complexity index is 330. The summed E-state index contributed by atoms with van der Waals surface area (Å²) in [6.45, 7) is 1.75. The van der Waals surface area contributed by atoms with Gasteiger partial charge < -0.3 is 5.11 Å². The monoisotopic (exact) mass is 225 g/mol. The van der Waals surface area contributed by atoms with Crippen LogP contribution in [0.15, 0.2) is 22.7 Å². The summed E-state index contributed by atoms with van der Waals surface area (Å²) in [7, 11) is 0. The molecule has 3 heteroatoms. The quantitative estimate of drug-likeness (QED) is 0.799. The van der Waals surface area contributed by atoms with E-state index >= 15 is 0 Å². The number of halogens is 1. The predicted molar refractivity (Wildman–Crippen MR) is 49.8 cm³/mol. The van der Waals surface area contributed by atoms with Gasteiger partial charge in [-0.1, -0.05) is 12.1 Å². The standard InChI is InChI=1S/C9H8BrNO/c1-6(5-11)7-3-2-4-8(10)9(7)12/h2-4,6,12H,1H3. The third-order valence-electron chi connectivity index (χ3n) is 1.68. The number of hydrogen-bond acceptors (Lipinski definition) is 2.